The third kappa shape index (κ3) is 4.53. The zero-order chi connectivity index (χ0) is 28.0. The molecule has 0 saturated heterocycles. The van der Waals surface area contributed by atoms with Gasteiger partial charge in [-0.15, -0.1) is 0 Å². The number of carboxylic acids is 1. The molecule has 7 nitrogen and oxygen atoms in total. The summed E-state index contributed by atoms with van der Waals surface area (Å²) in [7, 11) is 4.02. The Hall–Kier alpha value is -3.81. The van der Waals surface area contributed by atoms with Crippen LogP contribution < -0.4 is 4.74 Å². The number of carboxylic acid groups (broad SMARTS) is 1. The Kier molecular flexibility index (Phi) is 7.02. The van der Waals surface area contributed by atoms with E-state index >= 15 is 0 Å². The lowest BCUT2D eigenvalue weighted by atomic mass is 9.97. The first kappa shape index (κ1) is 26.4. The lowest BCUT2D eigenvalue weighted by molar-refractivity contribution is 0.0684. The predicted octanol–water partition coefficient (Wildman–Crippen LogP) is 6.70. The van der Waals surface area contributed by atoms with E-state index in [0.717, 1.165) is 68.5 Å². The van der Waals surface area contributed by atoms with Gasteiger partial charge in [-0.1, -0.05) is 54.1 Å². The summed E-state index contributed by atoms with van der Waals surface area (Å²) >= 11 is 6.93. The van der Waals surface area contributed by atoms with Crippen molar-refractivity contribution >= 4 is 39.2 Å². The molecule has 0 aliphatic carbocycles. The molecule has 0 radical (unpaired) electrons. The zero-order valence-corrected chi connectivity index (χ0v) is 23.8. The third-order valence-corrected chi connectivity index (χ3v) is 8.37. The van der Waals surface area contributed by atoms with Gasteiger partial charge in [0.1, 0.15) is 11.4 Å². The quantitative estimate of drug-likeness (QED) is 0.236. The number of fused-ring (bicyclic) bond motifs is 3. The minimum Gasteiger partial charge on any atom is -0.493 e. The zero-order valence-electron chi connectivity index (χ0n) is 23.1. The van der Waals surface area contributed by atoms with Crippen LogP contribution in [0.25, 0.3) is 32.8 Å². The highest BCUT2D eigenvalue weighted by atomic mass is 35.5. The van der Waals surface area contributed by atoms with Crippen LogP contribution in [0.3, 0.4) is 0 Å². The maximum Gasteiger partial charge on any atom is 0.352 e. The van der Waals surface area contributed by atoms with Gasteiger partial charge >= 0.3 is 5.97 Å². The predicted molar refractivity (Wildman–Crippen MR) is 160 cm³/mol. The van der Waals surface area contributed by atoms with Crippen LogP contribution in [0.2, 0.25) is 5.02 Å². The standard InChI is InChI=1S/C32H33ClN4O3/c1-20-28-26(34-36(20)3)19-35(2)16-8-17-37-30-24(14-15-25(33)29(28)30)23(31(37)32(38)39)12-7-18-40-27-13-6-10-21-9-4-5-11-22(21)27/h4-6,9-11,13-15H,7-8,12,16-19H2,1-3H3,(H,38,39). The molecule has 3 aromatic carbocycles. The van der Waals surface area contributed by atoms with Crippen LogP contribution in [0.4, 0.5) is 0 Å². The van der Waals surface area contributed by atoms with Crippen molar-refractivity contribution in [2.24, 2.45) is 7.05 Å². The summed E-state index contributed by atoms with van der Waals surface area (Å²) in [6, 6.07) is 18.1. The summed E-state index contributed by atoms with van der Waals surface area (Å²) in [6.07, 6.45) is 2.08. The van der Waals surface area contributed by atoms with Crippen LogP contribution in [0, 0.1) is 6.92 Å². The number of aryl methyl sites for hydroxylation is 3. The second-order valence-corrected chi connectivity index (χ2v) is 11.1. The number of ether oxygens (including phenoxy) is 1. The molecule has 0 bridgehead atoms. The van der Waals surface area contributed by atoms with E-state index in [1.54, 1.807) is 0 Å². The molecule has 0 saturated carbocycles. The molecule has 0 spiro atoms. The van der Waals surface area contributed by atoms with Crippen LogP contribution in [0.1, 0.15) is 40.3 Å². The molecule has 0 amide bonds. The van der Waals surface area contributed by atoms with Gasteiger partial charge in [0.25, 0.3) is 0 Å². The fourth-order valence-corrected chi connectivity index (χ4v) is 6.40. The Bertz CT molecular complexity index is 1750. The molecular formula is C32H33ClN4O3. The SMILES string of the molecule is Cc1c2c(nn1C)CN(C)CCCn1c(C(=O)O)c(CCCOc3cccc4ccccc34)c3ccc(Cl)c-2c31. The van der Waals surface area contributed by atoms with Crippen molar-refractivity contribution in [3.05, 3.63) is 82.3 Å². The summed E-state index contributed by atoms with van der Waals surface area (Å²) in [5, 5.41) is 19.1. The summed E-state index contributed by atoms with van der Waals surface area (Å²) < 4.78 is 10.1. The lowest BCUT2D eigenvalue weighted by Crippen LogP contribution is -2.22. The highest BCUT2D eigenvalue weighted by molar-refractivity contribution is 6.35. The Morgan fingerprint density at radius 3 is 2.65 bits per heavy atom. The normalized spacial score (nSPS) is 14.0. The topological polar surface area (TPSA) is 72.5 Å². The molecule has 206 valence electrons. The Morgan fingerprint density at radius 2 is 1.82 bits per heavy atom. The first-order valence-electron chi connectivity index (χ1n) is 13.7. The second-order valence-electron chi connectivity index (χ2n) is 10.7. The molecule has 1 aliphatic rings. The number of hydrogen-bond acceptors (Lipinski definition) is 4. The molecule has 0 atom stereocenters. The highest BCUT2D eigenvalue weighted by Crippen LogP contribution is 2.43. The van der Waals surface area contributed by atoms with E-state index in [1.807, 2.05) is 59.6 Å². The van der Waals surface area contributed by atoms with E-state index in [4.69, 9.17) is 21.4 Å². The Morgan fingerprint density at radius 1 is 1.02 bits per heavy atom. The van der Waals surface area contributed by atoms with Crippen molar-refractivity contribution < 1.29 is 14.6 Å². The van der Waals surface area contributed by atoms with E-state index < -0.39 is 5.97 Å². The molecule has 1 aliphatic heterocycles. The minimum absolute atomic E-state index is 0.343. The van der Waals surface area contributed by atoms with E-state index in [-0.39, 0.29) is 0 Å². The van der Waals surface area contributed by atoms with Gasteiger partial charge in [0.15, 0.2) is 0 Å². The number of aromatic nitrogens is 3. The van der Waals surface area contributed by atoms with Gasteiger partial charge in [0.2, 0.25) is 0 Å². The minimum atomic E-state index is -0.920. The third-order valence-electron chi connectivity index (χ3n) is 8.06. The number of rotatable bonds is 6. The Balaban J connectivity index is 1.42. The molecule has 5 aromatic rings. The maximum absolute atomic E-state index is 12.8. The number of aromatic carboxylic acids is 1. The molecule has 0 fully saturated rings. The van der Waals surface area contributed by atoms with Crippen molar-refractivity contribution in [3.8, 4) is 16.9 Å². The summed E-state index contributed by atoms with van der Waals surface area (Å²) in [5.41, 5.74) is 5.88. The Labute approximate surface area is 238 Å². The molecule has 0 unspecified atom stereocenters. The van der Waals surface area contributed by atoms with Crippen LogP contribution in [0.5, 0.6) is 5.75 Å². The van der Waals surface area contributed by atoms with Crippen molar-refractivity contribution in [2.45, 2.75) is 39.3 Å². The molecule has 40 heavy (non-hydrogen) atoms. The van der Waals surface area contributed by atoms with Gasteiger partial charge < -0.3 is 19.3 Å². The van der Waals surface area contributed by atoms with Gasteiger partial charge in [-0.05, 0) is 62.9 Å². The van der Waals surface area contributed by atoms with Crippen LogP contribution >= 0.6 is 11.6 Å². The van der Waals surface area contributed by atoms with Gasteiger partial charge in [-0.25, -0.2) is 4.79 Å². The lowest BCUT2D eigenvalue weighted by Gasteiger charge is -2.21. The molecule has 6 rings (SSSR count). The average Bonchev–Trinajstić information content (AvgIpc) is 3.39. The molecule has 3 heterocycles. The first-order valence-corrected chi connectivity index (χ1v) is 14.1. The van der Waals surface area contributed by atoms with E-state index in [1.165, 1.54) is 0 Å². The number of halogens is 1. The van der Waals surface area contributed by atoms with Gasteiger partial charge in [0, 0.05) is 47.7 Å². The largest absolute Gasteiger partial charge is 0.493 e. The first-order chi connectivity index (χ1) is 19.3. The van der Waals surface area contributed by atoms with Gasteiger partial charge in [-0.2, -0.15) is 5.10 Å². The monoisotopic (exact) mass is 556 g/mol. The smallest absolute Gasteiger partial charge is 0.352 e. The van der Waals surface area contributed by atoms with E-state index in [9.17, 15) is 9.90 Å². The number of benzene rings is 3. The molecule has 2 aromatic heterocycles. The maximum atomic E-state index is 12.8. The summed E-state index contributed by atoms with van der Waals surface area (Å²) in [5.74, 6) is -0.0769. The van der Waals surface area contributed by atoms with Crippen molar-refractivity contribution in [2.75, 3.05) is 20.2 Å². The molecular weight excluding hydrogens is 524 g/mol. The number of nitrogens with zero attached hydrogens (tertiary/aromatic N) is 4. The van der Waals surface area contributed by atoms with E-state index in [2.05, 4.69) is 30.1 Å². The summed E-state index contributed by atoms with van der Waals surface area (Å²) in [4.78, 5) is 15.0. The fraction of sp³-hybridized carbons (Fsp3) is 0.312. The van der Waals surface area contributed by atoms with Crippen LogP contribution in [-0.2, 0) is 26.6 Å². The van der Waals surface area contributed by atoms with Crippen molar-refractivity contribution in [3.63, 3.8) is 0 Å². The average molecular weight is 557 g/mol. The van der Waals surface area contributed by atoms with Crippen molar-refractivity contribution in [1.82, 2.24) is 19.2 Å². The summed E-state index contributed by atoms with van der Waals surface area (Å²) in [6.45, 7) is 4.66. The van der Waals surface area contributed by atoms with Crippen LogP contribution in [0.15, 0.2) is 54.6 Å². The van der Waals surface area contributed by atoms with Crippen LogP contribution in [-0.4, -0.2) is 50.5 Å². The number of hydrogen-bond donors (Lipinski definition) is 1. The van der Waals surface area contributed by atoms with Gasteiger partial charge in [0.05, 0.1) is 22.8 Å². The highest BCUT2D eigenvalue weighted by Gasteiger charge is 2.29. The molecule has 1 N–H and O–H groups in total. The van der Waals surface area contributed by atoms with Crippen molar-refractivity contribution in [1.29, 1.82) is 0 Å². The van der Waals surface area contributed by atoms with Gasteiger partial charge in [-0.3, -0.25) is 4.68 Å². The van der Waals surface area contributed by atoms with E-state index in [0.29, 0.717) is 43.3 Å². The number of carbonyl (C=O) groups is 1. The second kappa shape index (κ2) is 10.6. The fourth-order valence-electron chi connectivity index (χ4n) is 6.15. The molecule has 8 heteroatoms.